The van der Waals surface area contributed by atoms with Gasteiger partial charge in [0.15, 0.2) is 0 Å². The van der Waals surface area contributed by atoms with Crippen molar-refractivity contribution in [2.24, 2.45) is 0 Å². The Morgan fingerprint density at radius 3 is 2.65 bits per heavy atom. The van der Waals surface area contributed by atoms with E-state index in [2.05, 4.69) is 10.1 Å². The van der Waals surface area contributed by atoms with Crippen molar-refractivity contribution < 1.29 is 32.5 Å². The molecule has 1 aliphatic rings. The van der Waals surface area contributed by atoms with Crippen molar-refractivity contribution in [2.45, 2.75) is 38.1 Å². The van der Waals surface area contributed by atoms with E-state index in [4.69, 9.17) is 16.3 Å². The number of nitrogens with one attached hydrogen (secondary N) is 1. The molecule has 1 fully saturated rings. The number of hydrogen-bond acceptors (Lipinski definition) is 5. The standard InChI is InChI=1S/C21H22ClF3N2O4/c1-30-20(29)27-11-5-4-7-17(27)19(28)26-13-9-10-14(16(22)12-13)15-6-2-3-8-18(15)31-21(23,24)25/h2-3,6,8-10,12,17,20,29H,4-5,7,11H2,1H3,(H,26,28). The zero-order valence-corrected chi connectivity index (χ0v) is 17.4. The number of carbonyl (C=O) groups excluding carboxylic acids is 1. The van der Waals surface area contributed by atoms with Crippen molar-refractivity contribution in [3.05, 3.63) is 47.5 Å². The Balaban J connectivity index is 1.80. The van der Waals surface area contributed by atoms with Gasteiger partial charge in [0.25, 0.3) is 0 Å². The summed E-state index contributed by atoms with van der Waals surface area (Å²) in [5, 5.41) is 12.9. The van der Waals surface area contributed by atoms with Gasteiger partial charge in [-0.3, -0.25) is 4.79 Å². The molecule has 31 heavy (non-hydrogen) atoms. The topological polar surface area (TPSA) is 71.0 Å². The highest BCUT2D eigenvalue weighted by molar-refractivity contribution is 6.33. The van der Waals surface area contributed by atoms with Crippen LogP contribution in [0.3, 0.4) is 0 Å². The highest BCUT2D eigenvalue weighted by atomic mass is 35.5. The minimum Gasteiger partial charge on any atom is -0.405 e. The summed E-state index contributed by atoms with van der Waals surface area (Å²) in [7, 11) is 1.35. The molecule has 2 unspecified atom stereocenters. The van der Waals surface area contributed by atoms with Crippen molar-refractivity contribution in [3.8, 4) is 16.9 Å². The van der Waals surface area contributed by atoms with Crippen LogP contribution in [0.1, 0.15) is 19.3 Å². The number of halogens is 4. The molecule has 10 heteroatoms. The maximum atomic E-state index is 12.8. The average molecular weight is 459 g/mol. The zero-order valence-electron chi connectivity index (χ0n) is 16.7. The Hall–Kier alpha value is -2.33. The number of piperidine rings is 1. The molecule has 6 nitrogen and oxygen atoms in total. The van der Waals surface area contributed by atoms with E-state index in [0.29, 0.717) is 24.2 Å². The van der Waals surface area contributed by atoms with Crippen LogP contribution in [0.5, 0.6) is 5.75 Å². The summed E-state index contributed by atoms with van der Waals surface area (Å²) in [4.78, 5) is 14.3. The SMILES string of the molecule is COC(O)N1CCCCC1C(=O)Nc1ccc(-c2ccccc2OC(F)(F)F)c(Cl)c1. The zero-order chi connectivity index (χ0) is 22.6. The molecular formula is C21H22ClF3N2O4. The van der Waals surface area contributed by atoms with E-state index in [0.717, 1.165) is 12.8 Å². The molecule has 168 valence electrons. The summed E-state index contributed by atoms with van der Waals surface area (Å²) in [5.74, 6) is -0.708. The van der Waals surface area contributed by atoms with E-state index in [1.165, 1.54) is 37.4 Å². The van der Waals surface area contributed by atoms with Crippen molar-refractivity contribution in [1.29, 1.82) is 0 Å². The molecule has 0 aromatic heterocycles. The van der Waals surface area contributed by atoms with Crippen LogP contribution < -0.4 is 10.1 Å². The molecule has 1 aliphatic heterocycles. The van der Waals surface area contributed by atoms with Crippen molar-refractivity contribution in [3.63, 3.8) is 0 Å². The van der Waals surface area contributed by atoms with Crippen LogP contribution in [0.25, 0.3) is 11.1 Å². The first-order valence-electron chi connectivity index (χ1n) is 9.62. The molecule has 0 radical (unpaired) electrons. The van der Waals surface area contributed by atoms with Gasteiger partial charge in [0.05, 0.1) is 11.1 Å². The maximum Gasteiger partial charge on any atom is 0.573 e. The highest BCUT2D eigenvalue weighted by Crippen LogP contribution is 2.38. The number of rotatable bonds is 6. The average Bonchev–Trinajstić information content (AvgIpc) is 2.73. The van der Waals surface area contributed by atoms with Crippen LogP contribution in [-0.4, -0.2) is 48.4 Å². The van der Waals surface area contributed by atoms with Crippen molar-refractivity contribution >= 4 is 23.2 Å². The van der Waals surface area contributed by atoms with Crippen molar-refractivity contribution in [2.75, 3.05) is 19.0 Å². The van der Waals surface area contributed by atoms with Crippen LogP contribution in [0.15, 0.2) is 42.5 Å². The van der Waals surface area contributed by atoms with Gasteiger partial charge in [-0.2, -0.15) is 0 Å². The molecule has 2 atom stereocenters. The molecule has 0 saturated carbocycles. The minimum absolute atomic E-state index is 0.147. The Bertz CT molecular complexity index is 926. The van der Waals surface area contributed by atoms with Gasteiger partial charge in [0, 0.05) is 30.5 Å². The predicted molar refractivity (Wildman–Crippen MR) is 110 cm³/mol. The number of methoxy groups -OCH3 is 1. The summed E-state index contributed by atoms with van der Waals surface area (Å²) < 4.78 is 47.1. The molecule has 2 aromatic rings. The fourth-order valence-corrected chi connectivity index (χ4v) is 3.86. The van der Waals surface area contributed by atoms with E-state index in [1.807, 2.05) is 0 Å². The molecule has 0 aliphatic carbocycles. The van der Waals surface area contributed by atoms with Gasteiger partial charge in [0.1, 0.15) is 5.75 Å². The summed E-state index contributed by atoms with van der Waals surface area (Å²) in [6, 6.07) is 9.60. The maximum absolute atomic E-state index is 12.8. The van der Waals surface area contributed by atoms with Crippen LogP contribution in [0, 0.1) is 0 Å². The Morgan fingerprint density at radius 1 is 1.23 bits per heavy atom. The van der Waals surface area contributed by atoms with Gasteiger partial charge in [-0.25, -0.2) is 4.90 Å². The molecule has 0 spiro atoms. The second kappa shape index (κ2) is 9.86. The van der Waals surface area contributed by atoms with Crippen molar-refractivity contribution in [1.82, 2.24) is 4.90 Å². The largest absolute Gasteiger partial charge is 0.573 e. The van der Waals surface area contributed by atoms with Gasteiger partial charge in [0.2, 0.25) is 12.3 Å². The lowest BCUT2D eigenvalue weighted by atomic mass is 10.0. The number of aliphatic hydroxyl groups excluding tert-OH is 1. The number of alkyl halides is 3. The van der Waals surface area contributed by atoms with E-state index in [-0.39, 0.29) is 22.2 Å². The number of benzene rings is 2. The first-order valence-corrected chi connectivity index (χ1v) is 9.99. The van der Waals surface area contributed by atoms with Crippen LogP contribution in [-0.2, 0) is 9.53 Å². The van der Waals surface area contributed by atoms with E-state index in [9.17, 15) is 23.1 Å². The van der Waals surface area contributed by atoms with Gasteiger partial charge >= 0.3 is 6.36 Å². The molecule has 1 heterocycles. The first kappa shape index (κ1) is 23.3. The smallest absolute Gasteiger partial charge is 0.405 e. The highest BCUT2D eigenvalue weighted by Gasteiger charge is 2.34. The lowest BCUT2D eigenvalue weighted by Crippen LogP contribution is -2.52. The number of ether oxygens (including phenoxy) is 2. The van der Waals surface area contributed by atoms with Crippen LogP contribution in [0.4, 0.5) is 18.9 Å². The number of nitrogens with zero attached hydrogens (tertiary/aromatic N) is 1. The quantitative estimate of drug-likeness (QED) is 0.618. The second-order valence-corrected chi connectivity index (χ2v) is 7.45. The third-order valence-corrected chi connectivity index (χ3v) is 5.29. The predicted octanol–water partition coefficient (Wildman–Crippen LogP) is 4.62. The first-order chi connectivity index (χ1) is 14.7. The molecule has 2 aromatic carbocycles. The number of hydrogen-bond donors (Lipinski definition) is 2. The molecule has 3 rings (SSSR count). The van der Waals surface area contributed by atoms with E-state index < -0.39 is 18.8 Å². The summed E-state index contributed by atoms with van der Waals surface area (Å²) in [6.45, 7) is 0.517. The summed E-state index contributed by atoms with van der Waals surface area (Å²) in [5.41, 5.74) is 0.878. The Labute approximate surface area is 182 Å². The third kappa shape index (κ3) is 5.88. The molecule has 1 saturated heterocycles. The monoisotopic (exact) mass is 458 g/mol. The fourth-order valence-electron chi connectivity index (χ4n) is 3.57. The van der Waals surface area contributed by atoms with E-state index >= 15 is 0 Å². The van der Waals surface area contributed by atoms with Gasteiger partial charge < -0.3 is 19.9 Å². The number of carbonyl (C=O) groups is 1. The third-order valence-electron chi connectivity index (χ3n) is 4.98. The molecule has 1 amide bonds. The van der Waals surface area contributed by atoms with Gasteiger partial charge in [-0.1, -0.05) is 42.3 Å². The molecular weight excluding hydrogens is 437 g/mol. The number of para-hydroxylation sites is 1. The summed E-state index contributed by atoms with van der Waals surface area (Å²) in [6.07, 6.45) is -3.80. The molecule has 2 N–H and O–H groups in total. The lowest BCUT2D eigenvalue weighted by Gasteiger charge is -2.36. The number of amides is 1. The lowest BCUT2D eigenvalue weighted by molar-refractivity contribution is -0.274. The molecule has 0 bridgehead atoms. The van der Waals surface area contributed by atoms with Gasteiger partial charge in [-0.05, 0) is 31.0 Å². The second-order valence-electron chi connectivity index (χ2n) is 7.04. The minimum atomic E-state index is -4.84. The van der Waals surface area contributed by atoms with E-state index in [1.54, 1.807) is 17.0 Å². The number of anilines is 1. The number of likely N-dealkylation sites (tertiary alicyclic amines) is 1. The summed E-state index contributed by atoms with van der Waals surface area (Å²) >= 11 is 6.32. The Kier molecular flexibility index (Phi) is 7.42. The normalized spacial score (nSPS) is 18.5. The fraction of sp³-hybridized carbons (Fsp3) is 0.381. The van der Waals surface area contributed by atoms with Crippen LogP contribution in [0.2, 0.25) is 5.02 Å². The Morgan fingerprint density at radius 2 is 1.97 bits per heavy atom. The van der Waals surface area contributed by atoms with Crippen LogP contribution >= 0.6 is 11.6 Å². The number of aliphatic hydroxyl groups is 1. The van der Waals surface area contributed by atoms with Gasteiger partial charge in [-0.15, -0.1) is 13.2 Å².